The van der Waals surface area contributed by atoms with Crippen molar-refractivity contribution < 1.29 is 4.79 Å². The van der Waals surface area contributed by atoms with Crippen LogP contribution in [0.2, 0.25) is 0 Å². The van der Waals surface area contributed by atoms with Gasteiger partial charge in [-0.25, -0.2) is 9.97 Å². The number of aromatic nitrogens is 4. The van der Waals surface area contributed by atoms with E-state index in [0.29, 0.717) is 13.0 Å². The Morgan fingerprint density at radius 1 is 0.852 bits per heavy atom. The Labute approximate surface area is 157 Å². The lowest BCUT2D eigenvalue weighted by Gasteiger charge is -2.08. The van der Waals surface area contributed by atoms with E-state index in [-0.39, 0.29) is 5.91 Å². The van der Waals surface area contributed by atoms with E-state index < -0.39 is 0 Å². The van der Waals surface area contributed by atoms with Crippen LogP contribution in [0.4, 0.5) is 0 Å². The maximum Gasteiger partial charge on any atom is 0.220 e. The predicted octanol–water partition coefficient (Wildman–Crippen LogP) is 3.37. The van der Waals surface area contributed by atoms with Gasteiger partial charge in [0.15, 0.2) is 0 Å². The van der Waals surface area contributed by atoms with Crippen LogP contribution in [0, 0.1) is 0 Å². The molecule has 0 saturated heterocycles. The van der Waals surface area contributed by atoms with Crippen LogP contribution in [0.25, 0.3) is 22.1 Å². The zero-order valence-electron chi connectivity index (χ0n) is 15.2. The summed E-state index contributed by atoms with van der Waals surface area (Å²) in [4.78, 5) is 20.9. The summed E-state index contributed by atoms with van der Waals surface area (Å²) in [6.07, 6.45) is 9.91. The molecule has 0 bridgehead atoms. The molecule has 0 saturated carbocycles. The van der Waals surface area contributed by atoms with Crippen LogP contribution in [-0.4, -0.2) is 31.6 Å². The van der Waals surface area contributed by atoms with Gasteiger partial charge in [0.05, 0.1) is 0 Å². The molecule has 1 amide bonds. The molecule has 6 nitrogen and oxygen atoms in total. The number of pyridine rings is 2. The first kappa shape index (κ1) is 17.3. The van der Waals surface area contributed by atoms with Crippen molar-refractivity contribution in [2.24, 2.45) is 0 Å². The summed E-state index contributed by atoms with van der Waals surface area (Å²) in [5.41, 5.74) is 1.97. The van der Waals surface area contributed by atoms with Crippen LogP contribution in [0.1, 0.15) is 19.3 Å². The normalized spacial score (nSPS) is 11.3. The van der Waals surface area contributed by atoms with Gasteiger partial charge in [-0.15, -0.1) is 0 Å². The van der Waals surface area contributed by atoms with Gasteiger partial charge >= 0.3 is 0 Å². The highest BCUT2D eigenvalue weighted by atomic mass is 16.1. The van der Waals surface area contributed by atoms with E-state index in [1.807, 2.05) is 24.5 Å². The molecule has 6 heteroatoms. The number of hydrogen-bond acceptors (Lipinski definition) is 3. The molecular formula is C21H23N5O. The monoisotopic (exact) mass is 361 g/mol. The average Bonchev–Trinajstić information content (AvgIpc) is 3.30. The summed E-state index contributed by atoms with van der Waals surface area (Å²) < 4.78 is 4.23. The standard InChI is InChI=1S/C21H23N5O/c27-19(7-3-13-25-15-8-17-5-1-10-23-20(17)25)22-12-4-14-26-16-9-18-6-2-11-24-21(18)26/h1-2,5-6,8-11,15-16H,3-4,7,12-14H2,(H,22,27). The number of carbonyl (C=O) groups is 1. The molecular weight excluding hydrogens is 338 g/mol. The van der Waals surface area contributed by atoms with Crippen molar-refractivity contribution in [3.63, 3.8) is 0 Å². The number of hydrogen-bond donors (Lipinski definition) is 1. The van der Waals surface area contributed by atoms with Gasteiger partial charge in [-0.1, -0.05) is 0 Å². The molecule has 0 atom stereocenters. The van der Waals surface area contributed by atoms with Crippen molar-refractivity contribution in [1.82, 2.24) is 24.4 Å². The molecule has 0 aliphatic carbocycles. The molecule has 4 aromatic heterocycles. The Kier molecular flexibility index (Phi) is 5.14. The summed E-state index contributed by atoms with van der Waals surface area (Å²) >= 11 is 0. The minimum atomic E-state index is 0.106. The molecule has 0 unspecified atom stereocenters. The van der Waals surface area contributed by atoms with Crippen molar-refractivity contribution in [2.75, 3.05) is 6.54 Å². The van der Waals surface area contributed by atoms with E-state index in [1.54, 1.807) is 6.20 Å². The van der Waals surface area contributed by atoms with Gasteiger partial charge in [0.2, 0.25) is 5.91 Å². The first-order valence-corrected chi connectivity index (χ1v) is 9.38. The molecule has 0 spiro atoms. The SMILES string of the molecule is O=C(CCCn1ccc2cccnc21)NCCCn1ccc2cccnc21. The largest absolute Gasteiger partial charge is 0.356 e. The Morgan fingerprint density at radius 3 is 2.07 bits per heavy atom. The molecule has 4 rings (SSSR count). The summed E-state index contributed by atoms with van der Waals surface area (Å²) in [6.45, 7) is 2.33. The fourth-order valence-corrected chi connectivity index (χ4v) is 3.38. The predicted molar refractivity (Wildman–Crippen MR) is 106 cm³/mol. The van der Waals surface area contributed by atoms with E-state index in [4.69, 9.17) is 0 Å². The molecule has 0 fully saturated rings. The fraction of sp³-hybridized carbons (Fsp3) is 0.286. The highest BCUT2D eigenvalue weighted by Crippen LogP contribution is 2.13. The number of rotatable bonds is 8. The second-order valence-electron chi connectivity index (χ2n) is 6.66. The Bertz CT molecular complexity index is 1050. The lowest BCUT2D eigenvalue weighted by molar-refractivity contribution is -0.121. The van der Waals surface area contributed by atoms with Crippen LogP contribution < -0.4 is 5.32 Å². The number of nitrogens with zero attached hydrogens (tertiary/aromatic N) is 4. The smallest absolute Gasteiger partial charge is 0.220 e. The van der Waals surface area contributed by atoms with E-state index in [2.05, 4.69) is 54.9 Å². The van der Waals surface area contributed by atoms with Gasteiger partial charge in [-0.2, -0.15) is 0 Å². The topological polar surface area (TPSA) is 64.7 Å². The molecule has 0 radical (unpaired) electrons. The third-order valence-corrected chi connectivity index (χ3v) is 4.75. The molecule has 4 heterocycles. The Hall–Kier alpha value is -3.15. The maximum atomic E-state index is 12.1. The van der Waals surface area contributed by atoms with Crippen molar-refractivity contribution >= 4 is 28.0 Å². The zero-order valence-corrected chi connectivity index (χ0v) is 15.2. The quantitative estimate of drug-likeness (QED) is 0.489. The minimum absolute atomic E-state index is 0.106. The molecule has 4 aromatic rings. The van der Waals surface area contributed by atoms with Crippen molar-refractivity contribution in [2.45, 2.75) is 32.4 Å². The van der Waals surface area contributed by atoms with Crippen LogP contribution in [0.15, 0.2) is 61.2 Å². The second kappa shape index (κ2) is 8.03. The summed E-state index contributed by atoms with van der Waals surface area (Å²) in [5.74, 6) is 0.106. The zero-order chi connectivity index (χ0) is 18.5. The van der Waals surface area contributed by atoms with Gasteiger partial charge < -0.3 is 14.5 Å². The lowest BCUT2D eigenvalue weighted by Crippen LogP contribution is -2.25. The van der Waals surface area contributed by atoms with Gasteiger partial charge in [0, 0.05) is 61.6 Å². The van der Waals surface area contributed by atoms with E-state index in [0.717, 1.165) is 48.0 Å². The van der Waals surface area contributed by atoms with Gasteiger partial charge in [0.25, 0.3) is 0 Å². The molecule has 27 heavy (non-hydrogen) atoms. The van der Waals surface area contributed by atoms with Gasteiger partial charge in [-0.05, 0) is 49.2 Å². The van der Waals surface area contributed by atoms with Crippen molar-refractivity contribution in [3.05, 3.63) is 61.2 Å². The van der Waals surface area contributed by atoms with Crippen molar-refractivity contribution in [1.29, 1.82) is 0 Å². The number of fused-ring (bicyclic) bond motifs is 2. The van der Waals surface area contributed by atoms with E-state index in [9.17, 15) is 4.79 Å². The fourth-order valence-electron chi connectivity index (χ4n) is 3.38. The van der Waals surface area contributed by atoms with Gasteiger partial charge in [-0.3, -0.25) is 4.79 Å². The Morgan fingerprint density at radius 2 is 1.44 bits per heavy atom. The molecule has 0 aliphatic rings. The maximum absolute atomic E-state index is 12.1. The average molecular weight is 361 g/mol. The third kappa shape index (κ3) is 4.00. The summed E-state index contributed by atoms with van der Waals surface area (Å²) in [7, 11) is 0. The highest BCUT2D eigenvalue weighted by molar-refractivity contribution is 5.77. The summed E-state index contributed by atoms with van der Waals surface area (Å²) in [5, 5.41) is 5.29. The second-order valence-corrected chi connectivity index (χ2v) is 6.66. The third-order valence-electron chi connectivity index (χ3n) is 4.75. The number of carbonyl (C=O) groups excluding carboxylic acids is 1. The Balaban J connectivity index is 1.18. The minimum Gasteiger partial charge on any atom is -0.356 e. The first-order chi connectivity index (χ1) is 13.3. The summed E-state index contributed by atoms with van der Waals surface area (Å²) in [6, 6.07) is 12.1. The number of nitrogens with one attached hydrogen (secondary N) is 1. The van der Waals surface area contributed by atoms with Crippen LogP contribution >= 0.6 is 0 Å². The van der Waals surface area contributed by atoms with E-state index >= 15 is 0 Å². The lowest BCUT2D eigenvalue weighted by atomic mass is 10.3. The van der Waals surface area contributed by atoms with Crippen LogP contribution in [0.3, 0.4) is 0 Å². The molecule has 0 aromatic carbocycles. The molecule has 1 N–H and O–H groups in total. The van der Waals surface area contributed by atoms with Crippen LogP contribution in [0.5, 0.6) is 0 Å². The van der Waals surface area contributed by atoms with Crippen LogP contribution in [-0.2, 0) is 17.9 Å². The number of amides is 1. The number of aryl methyl sites for hydroxylation is 2. The molecule has 138 valence electrons. The van der Waals surface area contributed by atoms with Gasteiger partial charge in [0.1, 0.15) is 11.3 Å². The van der Waals surface area contributed by atoms with Crippen molar-refractivity contribution in [3.8, 4) is 0 Å². The molecule has 0 aliphatic heterocycles. The highest BCUT2D eigenvalue weighted by Gasteiger charge is 2.05. The first-order valence-electron chi connectivity index (χ1n) is 9.38. The van der Waals surface area contributed by atoms with E-state index in [1.165, 1.54) is 0 Å².